The van der Waals surface area contributed by atoms with Crippen molar-refractivity contribution in [2.45, 2.75) is 6.92 Å². The number of halogens is 4. The lowest BCUT2D eigenvalue weighted by molar-refractivity contribution is -0.114. The van der Waals surface area contributed by atoms with Gasteiger partial charge in [0, 0.05) is 26.5 Å². The van der Waals surface area contributed by atoms with Crippen LogP contribution in [0.3, 0.4) is 0 Å². The van der Waals surface area contributed by atoms with E-state index in [0.717, 1.165) is 0 Å². The minimum Gasteiger partial charge on any atom is -0.299 e. The number of aliphatic imine (C=N–C) groups is 1. The first-order chi connectivity index (χ1) is 15.7. The summed E-state index contributed by atoms with van der Waals surface area (Å²) >= 11 is 24.1. The number of carbonyl (C=O) groups excluding carboxylic acids is 2. The summed E-state index contributed by atoms with van der Waals surface area (Å²) in [6, 6.07) is 17.7. The van der Waals surface area contributed by atoms with Gasteiger partial charge in [0.1, 0.15) is 5.71 Å². The maximum absolute atomic E-state index is 12.7. The van der Waals surface area contributed by atoms with E-state index >= 15 is 0 Å². The van der Waals surface area contributed by atoms with Gasteiger partial charge in [-0.3, -0.25) is 25.3 Å². The Balaban J connectivity index is 1.90. The molecule has 0 bridgehead atoms. The molecular weight excluding hydrogens is 504 g/mol. The highest BCUT2D eigenvalue weighted by atomic mass is 35.5. The molecule has 0 aliphatic rings. The van der Waals surface area contributed by atoms with Gasteiger partial charge in [0.15, 0.2) is 0 Å². The number of hydrogen-bond acceptors (Lipinski definition) is 4. The SMILES string of the molecule is CC(C(=N)C(=O)NC(=O)c1ccc(Cl)cc1)C(=Nc1ccc(Cl)cc1Cl)c1ccc(Cl)cc1. The molecule has 3 aromatic carbocycles. The number of benzene rings is 3. The summed E-state index contributed by atoms with van der Waals surface area (Å²) in [4.78, 5) is 29.7. The Morgan fingerprint density at radius 1 is 0.818 bits per heavy atom. The predicted octanol–water partition coefficient (Wildman–Crippen LogP) is 7.03. The van der Waals surface area contributed by atoms with Crippen molar-refractivity contribution < 1.29 is 9.59 Å². The average molecular weight is 521 g/mol. The minimum absolute atomic E-state index is 0.243. The van der Waals surface area contributed by atoms with Crippen LogP contribution in [0.1, 0.15) is 22.8 Å². The lowest BCUT2D eigenvalue weighted by atomic mass is 9.93. The van der Waals surface area contributed by atoms with Crippen molar-refractivity contribution in [3.05, 3.63) is 97.9 Å². The van der Waals surface area contributed by atoms with Crippen molar-refractivity contribution >= 4 is 75.3 Å². The molecule has 5 nitrogen and oxygen atoms in total. The summed E-state index contributed by atoms with van der Waals surface area (Å²) in [5, 5.41) is 12.4. The maximum Gasteiger partial charge on any atom is 0.272 e. The maximum atomic E-state index is 12.7. The van der Waals surface area contributed by atoms with Gasteiger partial charge in [0.25, 0.3) is 11.8 Å². The van der Waals surface area contributed by atoms with E-state index in [-0.39, 0.29) is 11.3 Å². The first-order valence-electron chi connectivity index (χ1n) is 9.65. The third kappa shape index (κ3) is 6.42. The highest BCUT2D eigenvalue weighted by Gasteiger charge is 2.25. The Morgan fingerprint density at radius 3 is 1.88 bits per heavy atom. The number of rotatable bonds is 6. The number of hydrogen-bond donors (Lipinski definition) is 2. The van der Waals surface area contributed by atoms with Crippen LogP contribution in [-0.2, 0) is 4.79 Å². The molecule has 0 spiro atoms. The predicted molar refractivity (Wildman–Crippen MR) is 135 cm³/mol. The Bertz CT molecular complexity index is 1240. The van der Waals surface area contributed by atoms with Crippen LogP contribution in [0.4, 0.5) is 5.69 Å². The Morgan fingerprint density at radius 2 is 1.33 bits per heavy atom. The van der Waals surface area contributed by atoms with Crippen molar-refractivity contribution in [2.24, 2.45) is 10.9 Å². The fourth-order valence-electron chi connectivity index (χ4n) is 2.91. The van der Waals surface area contributed by atoms with Gasteiger partial charge in [-0.2, -0.15) is 0 Å². The molecule has 0 fully saturated rings. The molecule has 0 aliphatic carbocycles. The molecule has 2 amide bonds. The molecule has 0 aliphatic heterocycles. The van der Waals surface area contributed by atoms with Crippen molar-refractivity contribution in [1.29, 1.82) is 5.41 Å². The number of imide groups is 1. The summed E-state index contributed by atoms with van der Waals surface area (Å²) in [5.41, 5.74) is 1.35. The van der Waals surface area contributed by atoms with Crippen molar-refractivity contribution in [3.8, 4) is 0 Å². The Hall–Kier alpha value is -2.70. The average Bonchev–Trinajstić information content (AvgIpc) is 2.78. The first kappa shape index (κ1) is 24.9. The van der Waals surface area contributed by atoms with Gasteiger partial charge in [0.05, 0.1) is 16.4 Å². The van der Waals surface area contributed by atoms with Crippen LogP contribution in [0.2, 0.25) is 20.1 Å². The standard InChI is InChI=1S/C24H17Cl4N3O2/c1-13(21(29)24(33)31-23(32)15-4-8-17(26)9-5-15)22(14-2-6-16(25)7-3-14)30-20-11-10-18(27)12-19(20)28/h2-13,29H,1H3,(H,31,32,33). The van der Waals surface area contributed by atoms with Crippen LogP contribution in [0.15, 0.2) is 71.7 Å². The summed E-state index contributed by atoms with van der Waals surface area (Å²) in [7, 11) is 0. The molecule has 2 N–H and O–H groups in total. The molecule has 0 heterocycles. The molecule has 0 saturated heterocycles. The topological polar surface area (TPSA) is 82.4 Å². The van der Waals surface area contributed by atoms with Gasteiger partial charge >= 0.3 is 0 Å². The first-order valence-corrected chi connectivity index (χ1v) is 11.2. The Labute approximate surface area is 210 Å². The van der Waals surface area contributed by atoms with Gasteiger partial charge in [0.2, 0.25) is 0 Å². The van der Waals surface area contributed by atoms with E-state index in [4.69, 9.17) is 51.8 Å². The molecule has 33 heavy (non-hydrogen) atoms. The second-order valence-corrected chi connectivity index (χ2v) is 8.74. The van der Waals surface area contributed by atoms with Gasteiger partial charge in [-0.15, -0.1) is 0 Å². The van der Waals surface area contributed by atoms with Gasteiger partial charge in [-0.05, 0) is 60.2 Å². The highest BCUT2D eigenvalue weighted by molar-refractivity contribution is 6.45. The molecule has 0 aromatic heterocycles. The number of amides is 2. The zero-order valence-corrected chi connectivity index (χ0v) is 20.2. The van der Waals surface area contributed by atoms with E-state index in [0.29, 0.717) is 37.1 Å². The lowest BCUT2D eigenvalue weighted by Gasteiger charge is -2.17. The minimum atomic E-state index is -0.841. The van der Waals surface area contributed by atoms with Crippen LogP contribution in [0.5, 0.6) is 0 Å². The van der Waals surface area contributed by atoms with Crippen LogP contribution in [0, 0.1) is 11.3 Å². The van der Waals surface area contributed by atoms with E-state index in [1.807, 2.05) is 0 Å². The van der Waals surface area contributed by atoms with Crippen LogP contribution in [-0.4, -0.2) is 23.2 Å². The van der Waals surface area contributed by atoms with Crippen LogP contribution >= 0.6 is 46.4 Å². The molecule has 168 valence electrons. The fourth-order valence-corrected chi connectivity index (χ4v) is 3.61. The lowest BCUT2D eigenvalue weighted by Crippen LogP contribution is -2.40. The second kappa shape index (κ2) is 10.9. The highest BCUT2D eigenvalue weighted by Crippen LogP contribution is 2.30. The molecule has 0 radical (unpaired) electrons. The van der Waals surface area contributed by atoms with E-state index in [1.165, 1.54) is 24.3 Å². The van der Waals surface area contributed by atoms with Crippen LogP contribution in [0.25, 0.3) is 0 Å². The number of nitrogens with one attached hydrogen (secondary N) is 2. The van der Waals surface area contributed by atoms with Gasteiger partial charge in [-0.25, -0.2) is 0 Å². The zero-order chi connectivity index (χ0) is 24.1. The van der Waals surface area contributed by atoms with Gasteiger partial charge < -0.3 is 0 Å². The Kier molecular flexibility index (Phi) is 8.27. The van der Waals surface area contributed by atoms with Crippen molar-refractivity contribution in [2.75, 3.05) is 0 Å². The smallest absolute Gasteiger partial charge is 0.272 e. The molecule has 0 saturated carbocycles. The zero-order valence-electron chi connectivity index (χ0n) is 17.2. The second-order valence-electron chi connectivity index (χ2n) is 7.03. The molecule has 3 aromatic rings. The van der Waals surface area contributed by atoms with E-state index in [9.17, 15) is 9.59 Å². The fraction of sp³-hybridized carbons (Fsp3) is 0.0833. The van der Waals surface area contributed by atoms with Gasteiger partial charge in [-0.1, -0.05) is 65.5 Å². The van der Waals surface area contributed by atoms with E-state index < -0.39 is 17.7 Å². The summed E-state index contributed by atoms with van der Waals surface area (Å²) in [5.74, 6) is -2.26. The molecule has 1 atom stereocenters. The van der Waals surface area contributed by atoms with E-state index in [1.54, 1.807) is 49.4 Å². The normalized spacial score (nSPS) is 12.2. The van der Waals surface area contributed by atoms with Crippen molar-refractivity contribution in [1.82, 2.24) is 5.32 Å². The molecular formula is C24H17Cl4N3O2. The largest absolute Gasteiger partial charge is 0.299 e. The summed E-state index contributed by atoms with van der Waals surface area (Å²) in [6.45, 7) is 1.64. The van der Waals surface area contributed by atoms with Crippen LogP contribution < -0.4 is 5.32 Å². The van der Waals surface area contributed by atoms with Crippen molar-refractivity contribution in [3.63, 3.8) is 0 Å². The third-order valence-corrected chi connectivity index (χ3v) is 5.75. The summed E-state index contributed by atoms with van der Waals surface area (Å²) < 4.78 is 0. The number of nitrogens with zero attached hydrogens (tertiary/aromatic N) is 1. The van der Waals surface area contributed by atoms with E-state index in [2.05, 4.69) is 10.3 Å². The molecule has 3 rings (SSSR count). The third-order valence-electron chi connectivity index (χ3n) is 4.71. The summed E-state index contributed by atoms with van der Waals surface area (Å²) in [6.07, 6.45) is 0. The molecule has 9 heteroatoms. The quantitative estimate of drug-likeness (QED) is 0.342. The monoisotopic (exact) mass is 519 g/mol. The molecule has 1 unspecified atom stereocenters. The number of carbonyl (C=O) groups is 2.